The number of hydrogen-bond acceptors (Lipinski definition) is 4. The molecule has 114 valence electrons. The molecule has 0 aromatic rings. The third-order valence-electron chi connectivity index (χ3n) is 4.19. The van der Waals surface area contributed by atoms with Gasteiger partial charge < -0.3 is 9.47 Å². The van der Waals surface area contributed by atoms with Gasteiger partial charge in [0.15, 0.2) is 0 Å². The molecule has 2 aliphatic heterocycles. The number of hydrogen-bond donors (Lipinski definition) is 0. The standard InChI is InChI=1S/C17H23NO3/c1-5-13-12-14(18-16(13,2)3)6-7-17(15(19)20-4)8-10-21-11-9-17/h5-7,12H,1,8-11H2,2-4H3/b7-6+. The van der Waals surface area contributed by atoms with Crippen molar-refractivity contribution in [3.8, 4) is 0 Å². The number of rotatable bonds is 4. The topological polar surface area (TPSA) is 47.9 Å². The molecule has 4 nitrogen and oxygen atoms in total. The molecule has 2 aliphatic rings. The maximum absolute atomic E-state index is 12.1. The number of aliphatic imine (C=N–C) groups is 1. The van der Waals surface area contributed by atoms with E-state index in [1.54, 1.807) is 0 Å². The smallest absolute Gasteiger partial charge is 0.315 e. The summed E-state index contributed by atoms with van der Waals surface area (Å²) in [5.41, 5.74) is 1.10. The third-order valence-corrected chi connectivity index (χ3v) is 4.19. The first-order valence-corrected chi connectivity index (χ1v) is 7.23. The maximum atomic E-state index is 12.1. The zero-order chi connectivity index (χ0) is 15.5. The molecule has 1 fully saturated rings. The first-order chi connectivity index (χ1) is 9.93. The second-order valence-corrected chi connectivity index (χ2v) is 5.99. The Bertz CT molecular complexity index is 520. The second-order valence-electron chi connectivity index (χ2n) is 5.99. The highest BCUT2D eigenvalue weighted by Gasteiger charge is 2.39. The largest absolute Gasteiger partial charge is 0.468 e. The summed E-state index contributed by atoms with van der Waals surface area (Å²) in [4.78, 5) is 16.8. The summed E-state index contributed by atoms with van der Waals surface area (Å²) < 4.78 is 10.3. The molecule has 0 unspecified atom stereocenters. The van der Waals surface area contributed by atoms with E-state index in [4.69, 9.17) is 9.47 Å². The van der Waals surface area contributed by atoms with Crippen molar-refractivity contribution in [2.75, 3.05) is 20.3 Å². The lowest BCUT2D eigenvalue weighted by molar-refractivity contribution is -0.154. The minimum absolute atomic E-state index is 0.201. The monoisotopic (exact) mass is 289 g/mol. The summed E-state index contributed by atoms with van der Waals surface area (Å²) in [6.45, 7) is 9.07. The summed E-state index contributed by atoms with van der Waals surface area (Å²) in [5, 5.41) is 0. The molecule has 0 spiro atoms. The summed E-state index contributed by atoms with van der Waals surface area (Å²) in [6, 6.07) is 0. The van der Waals surface area contributed by atoms with Crippen molar-refractivity contribution in [2.45, 2.75) is 32.2 Å². The lowest BCUT2D eigenvalue weighted by Crippen LogP contribution is -2.36. The van der Waals surface area contributed by atoms with Crippen molar-refractivity contribution in [3.63, 3.8) is 0 Å². The summed E-state index contributed by atoms with van der Waals surface area (Å²) in [5.74, 6) is -0.201. The van der Waals surface area contributed by atoms with Crippen molar-refractivity contribution in [1.29, 1.82) is 0 Å². The Morgan fingerprint density at radius 1 is 1.43 bits per heavy atom. The van der Waals surface area contributed by atoms with Crippen LogP contribution in [0.4, 0.5) is 0 Å². The average Bonchev–Trinajstić information content (AvgIpc) is 2.79. The third kappa shape index (κ3) is 3.16. The van der Waals surface area contributed by atoms with Gasteiger partial charge in [-0.05, 0) is 44.4 Å². The molecule has 0 amide bonds. The van der Waals surface area contributed by atoms with Crippen molar-refractivity contribution >= 4 is 11.7 Å². The molecule has 0 aliphatic carbocycles. The molecule has 0 aromatic carbocycles. The van der Waals surface area contributed by atoms with Crippen LogP contribution in [0.1, 0.15) is 26.7 Å². The van der Waals surface area contributed by atoms with Crippen LogP contribution in [0.3, 0.4) is 0 Å². The molecular formula is C17H23NO3. The molecule has 0 bridgehead atoms. The highest BCUT2D eigenvalue weighted by Crippen LogP contribution is 2.34. The Kier molecular flexibility index (Phi) is 4.47. The predicted molar refractivity (Wildman–Crippen MR) is 83.4 cm³/mol. The average molecular weight is 289 g/mol. The van der Waals surface area contributed by atoms with Gasteiger partial charge in [-0.1, -0.05) is 18.7 Å². The van der Waals surface area contributed by atoms with Crippen LogP contribution in [0.15, 0.2) is 41.4 Å². The van der Waals surface area contributed by atoms with Gasteiger partial charge in [-0.25, -0.2) is 0 Å². The number of carbonyl (C=O) groups excluding carboxylic acids is 1. The van der Waals surface area contributed by atoms with Crippen molar-refractivity contribution in [2.24, 2.45) is 10.4 Å². The van der Waals surface area contributed by atoms with Gasteiger partial charge in [0.1, 0.15) is 0 Å². The molecular weight excluding hydrogens is 266 g/mol. The fourth-order valence-electron chi connectivity index (χ4n) is 2.77. The van der Waals surface area contributed by atoms with Crippen LogP contribution in [-0.2, 0) is 14.3 Å². The molecule has 0 aromatic heterocycles. The summed E-state index contributed by atoms with van der Waals surface area (Å²) >= 11 is 0. The minimum atomic E-state index is -0.593. The van der Waals surface area contributed by atoms with E-state index < -0.39 is 5.41 Å². The SMILES string of the molecule is C=CC1=CC(/C=C/C2(C(=O)OC)CCOCC2)=NC1(C)C. The molecule has 0 radical (unpaired) electrons. The molecule has 0 N–H and O–H groups in total. The van der Waals surface area contributed by atoms with E-state index in [0.29, 0.717) is 26.1 Å². The van der Waals surface area contributed by atoms with Crippen molar-refractivity contribution in [1.82, 2.24) is 0 Å². The summed E-state index contributed by atoms with van der Waals surface area (Å²) in [6.07, 6.45) is 8.97. The maximum Gasteiger partial charge on any atom is 0.315 e. The summed E-state index contributed by atoms with van der Waals surface area (Å²) in [7, 11) is 1.43. The Morgan fingerprint density at radius 3 is 2.62 bits per heavy atom. The normalized spacial score (nSPS) is 23.6. The lowest BCUT2D eigenvalue weighted by Gasteiger charge is -2.31. The highest BCUT2D eigenvalue weighted by molar-refractivity contribution is 6.07. The molecule has 2 rings (SSSR count). The Labute approximate surface area is 126 Å². The van der Waals surface area contributed by atoms with Crippen LogP contribution in [0, 0.1) is 5.41 Å². The van der Waals surface area contributed by atoms with Crippen molar-refractivity contribution < 1.29 is 14.3 Å². The number of esters is 1. The van der Waals surface area contributed by atoms with E-state index in [-0.39, 0.29) is 11.5 Å². The van der Waals surface area contributed by atoms with Crippen molar-refractivity contribution in [3.05, 3.63) is 36.5 Å². The van der Waals surface area contributed by atoms with Crippen LogP contribution in [-0.4, -0.2) is 37.5 Å². The van der Waals surface area contributed by atoms with E-state index in [9.17, 15) is 4.79 Å². The van der Waals surface area contributed by atoms with E-state index in [1.165, 1.54) is 7.11 Å². The first-order valence-electron chi connectivity index (χ1n) is 7.23. The second kappa shape index (κ2) is 5.98. The molecule has 21 heavy (non-hydrogen) atoms. The van der Waals surface area contributed by atoms with E-state index in [1.807, 2.05) is 38.2 Å². The van der Waals surface area contributed by atoms with Gasteiger partial charge in [-0.2, -0.15) is 0 Å². The number of methoxy groups -OCH3 is 1. The highest BCUT2D eigenvalue weighted by atomic mass is 16.5. The Hall–Kier alpha value is -1.68. The van der Waals surface area contributed by atoms with Crippen LogP contribution >= 0.6 is 0 Å². The van der Waals surface area contributed by atoms with Crippen LogP contribution in [0.2, 0.25) is 0 Å². The fraction of sp³-hybridized carbons (Fsp3) is 0.529. The molecule has 4 heteroatoms. The first kappa shape index (κ1) is 15.7. The van der Waals surface area contributed by atoms with E-state index in [0.717, 1.165) is 11.3 Å². The van der Waals surface area contributed by atoms with Crippen LogP contribution in [0.5, 0.6) is 0 Å². The lowest BCUT2D eigenvalue weighted by atomic mass is 9.79. The molecule has 2 heterocycles. The predicted octanol–water partition coefficient (Wildman–Crippen LogP) is 2.86. The van der Waals surface area contributed by atoms with Gasteiger partial charge in [-0.15, -0.1) is 0 Å². The Balaban J connectivity index is 2.24. The van der Waals surface area contributed by atoms with E-state index >= 15 is 0 Å². The zero-order valence-electron chi connectivity index (χ0n) is 13.0. The quantitative estimate of drug-likeness (QED) is 0.748. The zero-order valence-corrected chi connectivity index (χ0v) is 13.0. The van der Waals surface area contributed by atoms with Crippen LogP contribution < -0.4 is 0 Å². The number of ether oxygens (including phenoxy) is 2. The van der Waals surface area contributed by atoms with Gasteiger partial charge in [0.25, 0.3) is 0 Å². The molecule has 1 saturated heterocycles. The minimum Gasteiger partial charge on any atom is -0.468 e. The van der Waals surface area contributed by atoms with Gasteiger partial charge >= 0.3 is 5.97 Å². The fourth-order valence-corrected chi connectivity index (χ4v) is 2.77. The van der Waals surface area contributed by atoms with E-state index in [2.05, 4.69) is 11.6 Å². The van der Waals surface area contributed by atoms with Gasteiger partial charge in [0.05, 0.1) is 23.8 Å². The Morgan fingerprint density at radius 2 is 2.10 bits per heavy atom. The van der Waals surface area contributed by atoms with Gasteiger partial charge in [-0.3, -0.25) is 9.79 Å². The van der Waals surface area contributed by atoms with Gasteiger partial charge in [0.2, 0.25) is 0 Å². The van der Waals surface area contributed by atoms with Gasteiger partial charge in [0, 0.05) is 13.2 Å². The van der Waals surface area contributed by atoms with Crippen LogP contribution in [0.25, 0.3) is 0 Å². The molecule has 0 atom stereocenters. The molecule has 0 saturated carbocycles. The number of nitrogens with zero attached hydrogens (tertiary/aromatic N) is 1. The number of allylic oxidation sites excluding steroid dienone is 2. The number of carbonyl (C=O) groups is 1.